The lowest BCUT2D eigenvalue weighted by atomic mass is 9.97. The van der Waals surface area contributed by atoms with Gasteiger partial charge in [0.05, 0.1) is 0 Å². The summed E-state index contributed by atoms with van der Waals surface area (Å²) < 4.78 is 0. The van der Waals surface area contributed by atoms with Gasteiger partial charge in [-0.05, 0) is 52.3 Å². The summed E-state index contributed by atoms with van der Waals surface area (Å²) >= 11 is 0. The molecule has 0 aliphatic carbocycles. The average Bonchev–Trinajstić information content (AvgIpc) is 2.48. The van der Waals surface area contributed by atoms with E-state index >= 15 is 0 Å². The maximum atomic E-state index is 3.62. The molecule has 2 heteroatoms. The quantitative estimate of drug-likeness (QED) is 0.565. The van der Waals surface area contributed by atoms with E-state index < -0.39 is 0 Å². The molecule has 0 spiro atoms. The van der Waals surface area contributed by atoms with Crippen molar-refractivity contribution in [2.24, 2.45) is 0 Å². The third kappa shape index (κ3) is 6.35. The van der Waals surface area contributed by atoms with Crippen molar-refractivity contribution < 1.29 is 0 Å². The summed E-state index contributed by atoms with van der Waals surface area (Å²) in [4.78, 5) is 0. The second-order valence-electron chi connectivity index (χ2n) is 6.03. The molecule has 23 heavy (non-hydrogen) atoms. The van der Waals surface area contributed by atoms with Gasteiger partial charge in [-0.15, -0.1) is 0 Å². The Balaban J connectivity index is 3.10. The number of rotatable bonds is 8. The number of hydrogen-bond acceptors (Lipinski definition) is 2. The first-order valence-electron chi connectivity index (χ1n) is 8.57. The topological polar surface area (TPSA) is 24.1 Å². The summed E-state index contributed by atoms with van der Waals surface area (Å²) in [6, 6.07) is 7.23. The first kappa shape index (κ1) is 19.1. The summed E-state index contributed by atoms with van der Waals surface area (Å²) in [7, 11) is 0. The second-order valence-corrected chi connectivity index (χ2v) is 6.03. The fraction of sp³-hybridized carbons (Fsp3) is 0.429. The maximum absolute atomic E-state index is 3.62. The highest BCUT2D eigenvalue weighted by Gasteiger charge is 2.11. The Hall–Kier alpha value is -1.96. The lowest BCUT2D eigenvalue weighted by molar-refractivity contribution is 0.935. The largest absolute Gasteiger partial charge is 0.379 e. The van der Waals surface area contributed by atoms with Gasteiger partial charge in [0, 0.05) is 29.4 Å². The van der Waals surface area contributed by atoms with Crippen LogP contribution in [0.2, 0.25) is 0 Å². The minimum absolute atomic E-state index is 0.305. The molecule has 0 radical (unpaired) electrons. The van der Waals surface area contributed by atoms with Crippen molar-refractivity contribution in [3.63, 3.8) is 0 Å². The Bertz CT molecular complexity index is 555. The van der Waals surface area contributed by atoms with Crippen molar-refractivity contribution in [2.45, 2.75) is 59.5 Å². The molecule has 0 saturated carbocycles. The molecule has 0 aliphatic rings. The average molecular weight is 313 g/mol. The molecule has 0 fully saturated rings. The SMILES string of the molecule is C/C=C/C(C)Nc1ccc(C(C)/C=C/C)c(NC(C)/C=C/C)c1. The van der Waals surface area contributed by atoms with Gasteiger partial charge in [0.15, 0.2) is 0 Å². The lowest BCUT2D eigenvalue weighted by Crippen LogP contribution is -2.15. The fourth-order valence-electron chi connectivity index (χ4n) is 2.74. The second kappa shape index (κ2) is 9.94. The van der Waals surface area contributed by atoms with Gasteiger partial charge < -0.3 is 10.6 Å². The third-order valence-electron chi connectivity index (χ3n) is 3.76. The zero-order chi connectivity index (χ0) is 17.2. The van der Waals surface area contributed by atoms with E-state index in [1.807, 2.05) is 6.92 Å². The molecule has 3 atom stereocenters. The van der Waals surface area contributed by atoms with Gasteiger partial charge in [0.1, 0.15) is 0 Å². The third-order valence-corrected chi connectivity index (χ3v) is 3.76. The number of benzene rings is 1. The molecular formula is C21H32N2. The molecule has 0 bridgehead atoms. The summed E-state index contributed by atoms with van der Waals surface area (Å²) in [6.07, 6.45) is 12.8. The van der Waals surface area contributed by atoms with E-state index in [4.69, 9.17) is 0 Å². The molecule has 2 nitrogen and oxygen atoms in total. The van der Waals surface area contributed by atoms with Crippen molar-refractivity contribution in [1.82, 2.24) is 0 Å². The molecular weight excluding hydrogens is 280 g/mol. The van der Waals surface area contributed by atoms with Crippen LogP contribution in [0, 0.1) is 0 Å². The van der Waals surface area contributed by atoms with Crippen LogP contribution in [0.4, 0.5) is 11.4 Å². The number of hydrogen-bond donors (Lipinski definition) is 2. The molecule has 0 amide bonds. The van der Waals surface area contributed by atoms with E-state index in [0.29, 0.717) is 18.0 Å². The van der Waals surface area contributed by atoms with E-state index in [1.165, 1.54) is 11.3 Å². The monoisotopic (exact) mass is 312 g/mol. The molecule has 126 valence electrons. The standard InChI is InChI=1S/C21H32N2/c1-7-10-16(4)20-14-13-19(22-17(5)11-8-2)15-21(20)23-18(6)12-9-3/h7-18,22-23H,1-6H3/b10-7+,11-8+,12-9+. The predicted octanol–water partition coefficient (Wildman–Crippen LogP) is 6.12. The highest BCUT2D eigenvalue weighted by Crippen LogP contribution is 2.29. The molecule has 2 N–H and O–H groups in total. The fourth-order valence-corrected chi connectivity index (χ4v) is 2.74. The summed E-state index contributed by atoms with van der Waals surface area (Å²) in [5, 5.41) is 7.14. The van der Waals surface area contributed by atoms with Crippen LogP contribution in [0.15, 0.2) is 54.7 Å². The first-order valence-corrected chi connectivity index (χ1v) is 8.57. The van der Waals surface area contributed by atoms with E-state index in [2.05, 4.69) is 99.9 Å². The van der Waals surface area contributed by atoms with Crippen LogP contribution >= 0.6 is 0 Å². The first-order chi connectivity index (χ1) is 11.0. The van der Waals surface area contributed by atoms with Crippen molar-refractivity contribution in [3.8, 4) is 0 Å². The van der Waals surface area contributed by atoms with Crippen LogP contribution in [-0.4, -0.2) is 12.1 Å². The molecule has 1 aromatic rings. The van der Waals surface area contributed by atoms with Gasteiger partial charge in [0.2, 0.25) is 0 Å². The van der Waals surface area contributed by atoms with Gasteiger partial charge in [-0.25, -0.2) is 0 Å². The number of nitrogens with one attached hydrogen (secondary N) is 2. The molecule has 0 heterocycles. The van der Waals surface area contributed by atoms with Gasteiger partial charge in [-0.3, -0.25) is 0 Å². The minimum atomic E-state index is 0.305. The maximum Gasteiger partial charge on any atom is 0.0416 e. The van der Waals surface area contributed by atoms with Crippen LogP contribution < -0.4 is 10.6 Å². The van der Waals surface area contributed by atoms with E-state index in [0.717, 1.165) is 5.69 Å². The Kier molecular flexibility index (Phi) is 8.25. The molecule has 1 aromatic carbocycles. The van der Waals surface area contributed by atoms with Crippen molar-refractivity contribution >= 4 is 11.4 Å². The van der Waals surface area contributed by atoms with E-state index in [1.54, 1.807) is 0 Å². The minimum Gasteiger partial charge on any atom is -0.379 e. The Morgan fingerprint density at radius 1 is 0.783 bits per heavy atom. The van der Waals surface area contributed by atoms with Crippen LogP contribution in [0.1, 0.15) is 53.0 Å². The summed E-state index contributed by atoms with van der Waals surface area (Å²) in [5.74, 6) is 0.391. The van der Waals surface area contributed by atoms with Gasteiger partial charge >= 0.3 is 0 Å². The molecule has 0 saturated heterocycles. The van der Waals surface area contributed by atoms with E-state index in [9.17, 15) is 0 Å². The Morgan fingerprint density at radius 2 is 1.35 bits per heavy atom. The normalized spacial score (nSPS) is 16.1. The van der Waals surface area contributed by atoms with E-state index in [-0.39, 0.29) is 0 Å². The van der Waals surface area contributed by atoms with Crippen LogP contribution in [0.25, 0.3) is 0 Å². The van der Waals surface area contributed by atoms with Gasteiger partial charge in [0.25, 0.3) is 0 Å². The molecule has 0 aliphatic heterocycles. The van der Waals surface area contributed by atoms with Gasteiger partial charge in [-0.2, -0.15) is 0 Å². The summed E-state index contributed by atoms with van der Waals surface area (Å²) in [5.41, 5.74) is 3.66. The lowest BCUT2D eigenvalue weighted by Gasteiger charge is -2.21. The Morgan fingerprint density at radius 3 is 1.91 bits per heavy atom. The van der Waals surface area contributed by atoms with Crippen LogP contribution in [0.5, 0.6) is 0 Å². The molecule has 0 aromatic heterocycles. The highest BCUT2D eigenvalue weighted by molar-refractivity contribution is 5.64. The van der Waals surface area contributed by atoms with Gasteiger partial charge in [-0.1, -0.05) is 49.4 Å². The number of allylic oxidation sites excluding steroid dienone is 4. The molecule has 1 rings (SSSR count). The zero-order valence-electron chi connectivity index (χ0n) is 15.4. The smallest absolute Gasteiger partial charge is 0.0416 e. The Labute approximate surface area is 142 Å². The number of anilines is 2. The van der Waals surface area contributed by atoms with Crippen molar-refractivity contribution in [1.29, 1.82) is 0 Å². The summed E-state index contributed by atoms with van der Waals surface area (Å²) in [6.45, 7) is 12.7. The van der Waals surface area contributed by atoms with Crippen molar-refractivity contribution in [2.75, 3.05) is 10.6 Å². The van der Waals surface area contributed by atoms with Crippen LogP contribution in [-0.2, 0) is 0 Å². The van der Waals surface area contributed by atoms with Crippen LogP contribution in [0.3, 0.4) is 0 Å². The highest BCUT2D eigenvalue weighted by atomic mass is 14.9. The van der Waals surface area contributed by atoms with Crippen molar-refractivity contribution in [3.05, 3.63) is 60.2 Å². The molecule has 3 unspecified atom stereocenters. The predicted molar refractivity (Wildman–Crippen MR) is 105 cm³/mol. The zero-order valence-corrected chi connectivity index (χ0v) is 15.4.